The second-order valence-corrected chi connectivity index (χ2v) is 7.60. The van der Waals surface area contributed by atoms with E-state index in [1.165, 1.54) is 6.42 Å². The first-order valence-electron chi connectivity index (χ1n) is 8.20. The van der Waals surface area contributed by atoms with Crippen molar-refractivity contribution in [3.63, 3.8) is 0 Å². The van der Waals surface area contributed by atoms with Gasteiger partial charge in [0.1, 0.15) is 6.10 Å². The summed E-state index contributed by atoms with van der Waals surface area (Å²) in [6.45, 7) is 13.3. The Morgan fingerprint density at radius 3 is 2.30 bits per heavy atom. The molecule has 20 heavy (non-hydrogen) atoms. The highest BCUT2D eigenvalue weighted by atomic mass is 16.6. The molecule has 0 spiro atoms. The van der Waals surface area contributed by atoms with Gasteiger partial charge in [-0.15, -0.1) is 0 Å². The van der Waals surface area contributed by atoms with Crippen molar-refractivity contribution in [1.82, 2.24) is 5.32 Å². The maximum absolute atomic E-state index is 12.0. The average molecular weight is 283 g/mol. The van der Waals surface area contributed by atoms with Gasteiger partial charge in [0.2, 0.25) is 0 Å². The van der Waals surface area contributed by atoms with Gasteiger partial charge in [-0.05, 0) is 42.9 Å². The zero-order valence-corrected chi connectivity index (χ0v) is 14.2. The first kappa shape index (κ1) is 17.3. The number of alkyl carbamates (subject to hydrolysis) is 1. The van der Waals surface area contributed by atoms with E-state index < -0.39 is 0 Å². The van der Waals surface area contributed by atoms with E-state index in [1.807, 2.05) is 0 Å². The van der Waals surface area contributed by atoms with Gasteiger partial charge in [-0.1, -0.05) is 48.0 Å². The summed E-state index contributed by atoms with van der Waals surface area (Å²) in [5.41, 5.74) is 0.616. The molecule has 0 aliphatic heterocycles. The Labute approximate surface area is 124 Å². The summed E-state index contributed by atoms with van der Waals surface area (Å²) in [6, 6.07) is 0.241. The minimum atomic E-state index is -0.236. The van der Waals surface area contributed by atoms with Crippen molar-refractivity contribution < 1.29 is 9.53 Å². The number of carbonyl (C=O) groups excluding carboxylic acids is 1. The van der Waals surface area contributed by atoms with Crippen LogP contribution in [0.4, 0.5) is 4.79 Å². The smallest absolute Gasteiger partial charge is 0.407 e. The fraction of sp³-hybridized carbons (Fsp3) is 0.941. The van der Waals surface area contributed by atoms with Crippen LogP contribution >= 0.6 is 0 Å². The number of amides is 1. The van der Waals surface area contributed by atoms with Crippen LogP contribution in [0, 0.1) is 10.8 Å². The number of hydrogen-bond donors (Lipinski definition) is 1. The van der Waals surface area contributed by atoms with Crippen LogP contribution in [0.15, 0.2) is 0 Å². The quantitative estimate of drug-likeness (QED) is 0.779. The zero-order valence-electron chi connectivity index (χ0n) is 14.2. The lowest BCUT2D eigenvalue weighted by Gasteiger charge is -2.46. The van der Waals surface area contributed by atoms with Crippen LogP contribution in [-0.4, -0.2) is 18.2 Å². The maximum atomic E-state index is 12.0. The van der Waals surface area contributed by atoms with Crippen molar-refractivity contribution in [2.24, 2.45) is 10.8 Å². The number of rotatable bonds is 5. The molecule has 0 aromatic heterocycles. The predicted molar refractivity (Wildman–Crippen MR) is 83.8 cm³/mol. The normalized spacial score (nSPS) is 29.2. The third kappa shape index (κ3) is 4.99. The average Bonchev–Trinajstić information content (AvgIpc) is 2.33. The molecule has 118 valence electrons. The Morgan fingerprint density at radius 2 is 1.80 bits per heavy atom. The molecule has 1 fully saturated rings. The van der Waals surface area contributed by atoms with Crippen LogP contribution in [0.5, 0.6) is 0 Å². The molecule has 1 aliphatic carbocycles. The molecule has 2 atom stereocenters. The molecule has 1 amide bonds. The summed E-state index contributed by atoms with van der Waals surface area (Å²) < 4.78 is 5.47. The standard InChI is InChI=1S/C17H33NO2/c1-7-14(8-2)20-15(19)18-13-10-16(4,5)12-17(6,9-3)11-13/h13-14H,7-12H2,1-6H3,(H,18,19). The zero-order chi connectivity index (χ0) is 15.4. The predicted octanol–water partition coefficient (Wildman–Crippen LogP) is 4.90. The Hall–Kier alpha value is -0.730. The SMILES string of the molecule is CCC(CC)OC(=O)NC1CC(C)(C)CC(C)(CC)C1. The van der Waals surface area contributed by atoms with Crippen LogP contribution in [0.25, 0.3) is 0 Å². The van der Waals surface area contributed by atoms with Gasteiger partial charge in [0.25, 0.3) is 0 Å². The molecule has 0 aromatic carbocycles. The topological polar surface area (TPSA) is 38.3 Å². The van der Waals surface area contributed by atoms with E-state index in [1.54, 1.807) is 0 Å². The van der Waals surface area contributed by atoms with Crippen molar-refractivity contribution >= 4 is 6.09 Å². The highest BCUT2D eigenvalue weighted by Gasteiger charge is 2.40. The van der Waals surface area contributed by atoms with Crippen LogP contribution in [0.1, 0.15) is 80.1 Å². The Morgan fingerprint density at radius 1 is 1.20 bits per heavy atom. The molecule has 0 radical (unpaired) electrons. The van der Waals surface area contributed by atoms with Gasteiger partial charge in [0.15, 0.2) is 0 Å². The highest BCUT2D eigenvalue weighted by molar-refractivity contribution is 5.67. The van der Waals surface area contributed by atoms with Crippen molar-refractivity contribution in [3.05, 3.63) is 0 Å². The summed E-state index contributed by atoms with van der Waals surface area (Å²) in [7, 11) is 0. The number of ether oxygens (including phenoxy) is 1. The first-order valence-corrected chi connectivity index (χ1v) is 8.20. The summed E-state index contributed by atoms with van der Waals surface area (Å²) in [5.74, 6) is 0. The summed E-state index contributed by atoms with van der Waals surface area (Å²) >= 11 is 0. The lowest BCUT2D eigenvalue weighted by atomic mass is 9.62. The Balaban J connectivity index is 2.60. The summed E-state index contributed by atoms with van der Waals surface area (Å²) in [5, 5.41) is 3.10. The molecule has 1 N–H and O–H groups in total. The fourth-order valence-electron chi connectivity index (χ4n) is 3.81. The largest absolute Gasteiger partial charge is 0.446 e. The second kappa shape index (κ2) is 6.82. The molecule has 0 heterocycles. The van der Waals surface area contributed by atoms with E-state index >= 15 is 0 Å². The van der Waals surface area contributed by atoms with Crippen LogP contribution in [0.3, 0.4) is 0 Å². The van der Waals surface area contributed by atoms with Crippen LogP contribution < -0.4 is 5.32 Å². The van der Waals surface area contributed by atoms with Gasteiger partial charge in [-0.25, -0.2) is 4.79 Å². The summed E-state index contributed by atoms with van der Waals surface area (Å²) in [4.78, 5) is 12.0. The second-order valence-electron chi connectivity index (χ2n) is 7.60. The van der Waals surface area contributed by atoms with Gasteiger partial charge < -0.3 is 10.1 Å². The number of hydrogen-bond acceptors (Lipinski definition) is 2. The van der Waals surface area contributed by atoms with Crippen LogP contribution in [-0.2, 0) is 4.74 Å². The lowest BCUT2D eigenvalue weighted by molar-refractivity contribution is 0.0529. The van der Waals surface area contributed by atoms with Crippen molar-refractivity contribution in [3.8, 4) is 0 Å². The minimum Gasteiger partial charge on any atom is -0.446 e. The van der Waals surface area contributed by atoms with Gasteiger partial charge >= 0.3 is 6.09 Å². The van der Waals surface area contributed by atoms with Gasteiger partial charge in [-0.2, -0.15) is 0 Å². The summed E-state index contributed by atoms with van der Waals surface area (Å²) in [6.07, 6.45) is 6.07. The number of nitrogens with one attached hydrogen (secondary N) is 1. The van der Waals surface area contributed by atoms with E-state index in [0.717, 1.165) is 32.1 Å². The Bertz CT molecular complexity index is 323. The van der Waals surface area contributed by atoms with Crippen molar-refractivity contribution in [2.45, 2.75) is 92.2 Å². The molecule has 1 rings (SSSR count). The molecular weight excluding hydrogens is 250 g/mol. The van der Waals surface area contributed by atoms with E-state index in [2.05, 4.69) is 46.9 Å². The van der Waals surface area contributed by atoms with E-state index in [0.29, 0.717) is 5.41 Å². The van der Waals surface area contributed by atoms with Gasteiger partial charge in [0, 0.05) is 6.04 Å². The molecule has 0 aromatic rings. The molecule has 3 heteroatoms. The van der Waals surface area contributed by atoms with Crippen LogP contribution in [0.2, 0.25) is 0 Å². The van der Waals surface area contributed by atoms with E-state index in [-0.39, 0.29) is 23.7 Å². The number of carbonyl (C=O) groups is 1. The van der Waals surface area contributed by atoms with Crippen molar-refractivity contribution in [2.75, 3.05) is 0 Å². The molecule has 1 saturated carbocycles. The molecule has 0 bridgehead atoms. The first-order chi connectivity index (χ1) is 9.23. The van der Waals surface area contributed by atoms with E-state index in [4.69, 9.17) is 4.74 Å². The van der Waals surface area contributed by atoms with E-state index in [9.17, 15) is 4.79 Å². The third-order valence-electron chi connectivity index (χ3n) is 4.80. The monoisotopic (exact) mass is 283 g/mol. The molecule has 3 nitrogen and oxygen atoms in total. The highest BCUT2D eigenvalue weighted by Crippen LogP contribution is 2.47. The van der Waals surface area contributed by atoms with Gasteiger partial charge in [-0.3, -0.25) is 0 Å². The fourth-order valence-corrected chi connectivity index (χ4v) is 3.81. The lowest BCUT2D eigenvalue weighted by Crippen LogP contribution is -2.47. The third-order valence-corrected chi connectivity index (χ3v) is 4.80. The molecule has 0 saturated heterocycles. The minimum absolute atomic E-state index is 0.0455. The molecular formula is C17H33NO2. The maximum Gasteiger partial charge on any atom is 0.407 e. The molecule has 2 unspecified atom stereocenters. The van der Waals surface area contributed by atoms with Crippen molar-refractivity contribution in [1.29, 1.82) is 0 Å². The molecule has 1 aliphatic rings. The Kier molecular flexibility index (Phi) is 5.91. The van der Waals surface area contributed by atoms with Gasteiger partial charge in [0.05, 0.1) is 0 Å².